The number of aromatic nitrogens is 2. The van der Waals surface area contributed by atoms with Gasteiger partial charge in [0.2, 0.25) is 0 Å². The SMILES string of the molecule is O=C(O)c1ccc2nc(CN3CCc4cc(C(F)(F)F)c(OCc5ccc(Cl)cc5F)cc4C3CF)n(C[C@@H]3CCO3)c2c1. The van der Waals surface area contributed by atoms with E-state index in [9.17, 15) is 31.9 Å². The largest absolute Gasteiger partial charge is 0.488 e. The molecule has 232 valence electrons. The van der Waals surface area contributed by atoms with Crippen molar-refractivity contribution in [1.29, 1.82) is 0 Å². The number of carbonyl (C=O) groups is 1. The standard InChI is InChI=1S/C31H27ClF5N3O4/c32-20-3-1-19(24(34)11-20)16-44-28-12-22-17(9-23(28)31(35,36)37)5-7-39(27(22)13-33)15-29-38-25-4-2-18(30(41)42)10-26(25)40(29)14-21-6-8-43-21/h1-4,9-12,21,27H,5-8,13-16H2,(H,41,42)/t21-,27?/m0/s1. The molecule has 3 heterocycles. The lowest BCUT2D eigenvalue weighted by molar-refractivity contribution is -0.139. The minimum atomic E-state index is -4.76. The van der Waals surface area contributed by atoms with Crippen LogP contribution < -0.4 is 4.74 Å². The van der Waals surface area contributed by atoms with E-state index in [0.29, 0.717) is 41.1 Å². The molecule has 0 spiro atoms. The van der Waals surface area contributed by atoms with Gasteiger partial charge in [0.1, 0.15) is 30.7 Å². The topological polar surface area (TPSA) is 76.8 Å². The van der Waals surface area contributed by atoms with Crippen LogP contribution in [0.4, 0.5) is 22.0 Å². The summed E-state index contributed by atoms with van der Waals surface area (Å²) in [5.41, 5.74) is 0.959. The molecule has 0 radical (unpaired) electrons. The predicted molar refractivity (Wildman–Crippen MR) is 151 cm³/mol. The molecule has 4 aromatic rings. The number of carboxylic acid groups (broad SMARTS) is 1. The zero-order valence-corrected chi connectivity index (χ0v) is 24.0. The lowest BCUT2D eigenvalue weighted by Gasteiger charge is -2.36. The van der Waals surface area contributed by atoms with Crippen molar-refractivity contribution < 1.29 is 41.3 Å². The summed E-state index contributed by atoms with van der Waals surface area (Å²) >= 11 is 5.78. The fourth-order valence-corrected chi connectivity index (χ4v) is 5.89. The summed E-state index contributed by atoms with van der Waals surface area (Å²) in [4.78, 5) is 18.1. The molecule has 1 fully saturated rings. The molecule has 0 saturated carbocycles. The monoisotopic (exact) mass is 635 g/mol. The molecule has 13 heteroatoms. The maximum Gasteiger partial charge on any atom is 0.419 e. The number of aromatic carboxylic acids is 1. The lowest BCUT2D eigenvalue weighted by atomic mass is 9.90. The molecule has 6 rings (SSSR count). The first kappa shape index (κ1) is 30.3. The molecular weight excluding hydrogens is 609 g/mol. The van der Waals surface area contributed by atoms with E-state index in [0.717, 1.165) is 18.6 Å². The number of benzene rings is 3. The first-order valence-electron chi connectivity index (χ1n) is 14.0. The Morgan fingerprint density at radius 2 is 1.95 bits per heavy atom. The summed E-state index contributed by atoms with van der Waals surface area (Å²) in [5, 5.41) is 9.65. The number of rotatable bonds is 9. The van der Waals surface area contributed by atoms with Gasteiger partial charge in [-0.3, -0.25) is 4.90 Å². The van der Waals surface area contributed by atoms with Gasteiger partial charge < -0.3 is 19.1 Å². The summed E-state index contributed by atoms with van der Waals surface area (Å²) in [5.74, 6) is -1.77. The summed E-state index contributed by atoms with van der Waals surface area (Å²) in [6.45, 7) is 0.0887. The second-order valence-electron chi connectivity index (χ2n) is 10.9. The van der Waals surface area contributed by atoms with E-state index in [2.05, 4.69) is 0 Å². The number of ether oxygens (including phenoxy) is 2. The van der Waals surface area contributed by atoms with Gasteiger partial charge in [0.15, 0.2) is 0 Å². The van der Waals surface area contributed by atoms with Gasteiger partial charge in [0.05, 0.1) is 47.4 Å². The molecule has 2 atom stereocenters. The molecule has 1 saturated heterocycles. The van der Waals surface area contributed by atoms with E-state index in [4.69, 9.17) is 26.1 Å². The number of nitrogens with zero attached hydrogens (tertiary/aromatic N) is 3. The molecular formula is C31H27ClF5N3O4. The highest BCUT2D eigenvalue weighted by atomic mass is 35.5. The van der Waals surface area contributed by atoms with E-state index >= 15 is 0 Å². The summed E-state index contributed by atoms with van der Waals surface area (Å²) in [6, 6.07) is 9.68. The van der Waals surface area contributed by atoms with Gasteiger partial charge >= 0.3 is 12.1 Å². The maximum absolute atomic E-state index is 14.8. The smallest absolute Gasteiger partial charge is 0.419 e. The molecule has 1 unspecified atom stereocenters. The van der Waals surface area contributed by atoms with E-state index in [1.54, 1.807) is 11.0 Å². The summed E-state index contributed by atoms with van der Waals surface area (Å²) in [7, 11) is 0. The van der Waals surface area contributed by atoms with Crippen LogP contribution in [0, 0.1) is 5.82 Å². The van der Waals surface area contributed by atoms with Crippen LogP contribution in [0.15, 0.2) is 48.5 Å². The molecule has 44 heavy (non-hydrogen) atoms. The Labute approximate surface area is 253 Å². The Morgan fingerprint density at radius 3 is 2.61 bits per heavy atom. The molecule has 3 aromatic carbocycles. The van der Waals surface area contributed by atoms with Crippen LogP contribution in [0.3, 0.4) is 0 Å². The summed E-state index contributed by atoms with van der Waals surface area (Å²) in [6.07, 6.45) is -3.79. The molecule has 0 bridgehead atoms. The Bertz CT molecular complexity index is 1720. The van der Waals surface area contributed by atoms with Crippen molar-refractivity contribution in [3.8, 4) is 5.75 Å². The van der Waals surface area contributed by atoms with Crippen molar-refractivity contribution in [2.24, 2.45) is 0 Å². The quantitative estimate of drug-likeness (QED) is 0.200. The minimum Gasteiger partial charge on any atom is -0.488 e. The first-order chi connectivity index (χ1) is 21.0. The third kappa shape index (κ3) is 5.98. The third-order valence-electron chi connectivity index (χ3n) is 8.16. The van der Waals surface area contributed by atoms with E-state index < -0.39 is 48.6 Å². The Morgan fingerprint density at radius 1 is 1.16 bits per heavy atom. The number of hydrogen-bond acceptors (Lipinski definition) is 5. The first-order valence-corrected chi connectivity index (χ1v) is 14.3. The van der Waals surface area contributed by atoms with E-state index in [1.807, 2.05) is 4.57 Å². The molecule has 2 aliphatic heterocycles. The summed E-state index contributed by atoms with van der Waals surface area (Å²) < 4.78 is 84.3. The van der Waals surface area contributed by atoms with Gasteiger partial charge in [-0.1, -0.05) is 17.7 Å². The van der Waals surface area contributed by atoms with Crippen molar-refractivity contribution in [3.63, 3.8) is 0 Å². The van der Waals surface area contributed by atoms with Crippen LogP contribution in [0.2, 0.25) is 5.02 Å². The van der Waals surface area contributed by atoms with Crippen molar-refractivity contribution in [2.75, 3.05) is 19.8 Å². The average Bonchev–Trinajstić information content (AvgIpc) is 3.29. The third-order valence-corrected chi connectivity index (χ3v) is 8.39. The Balaban J connectivity index is 1.33. The second kappa shape index (κ2) is 12.0. The van der Waals surface area contributed by atoms with Gasteiger partial charge in [-0.25, -0.2) is 18.6 Å². The normalized spacial score (nSPS) is 18.7. The molecule has 7 nitrogen and oxygen atoms in total. The number of hydrogen-bond donors (Lipinski definition) is 1. The number of alkyl halides is 4. The van der Waals surface area contributed by atoms with Crippen molar-refractivity contribution >= 4 is 28.6 Å². The molecule has 2 aliphatic rings. The molecule has 0 aliphatic carbocycles. The highest BCUT2D eigenvalue weighted by molar-refractivity contribution is 6.30. The van der Waals surface area contributed by atoms with Crippen LogP contribution in [-0.2, 0) is 37.0 Å². The van der Waals surface area contributed by atoms with Crippen LogP contribution in [0.25, 0.3) is 11.0 Å². The van der Waals surface area contributed by atoms with Gasteiger partial charge in [0.25, 0.3) is 0 Å². The maximum atomic E-state index is 14.8. The zero-order chi connectivity index (χ0) is 31.2. The average molecular weight is 636 g/mol. The van der Waals surface area contributed by atoms with E-state index in [1.165, 1.54) is 30.3 Å². The van der Waals surface area contributed by atoms with Crippen molar-refractivity contribution in [1.82, 2.24) is 14.5 Å². The van der Waals surface area contributed by atoms with E-state index in [-0.39, 0.29) is 41.8 Å². The van der Waals surface area contributed by atoms with Crippen molar-refractivity contribution in [2.45, 2.75) is 50.9 Å². The van der Waals surface area contributed by atoms with Gasteiger partial charge in [0, 0.05) is 23.7 Å². The Kier molecular flexibility index (Phi) is 8.25. The van der Waals surface area contributed by atoms with Crippen molar-refractivity contribution in [3.05, 3.63) is 93.0 Å². The lowest BCUT2D eigenvalue weighted by Crippen LogP contribution is -2.38. The van der Waals surface area contributed by atoms with Crippen LogP contribution in [0.1, 0.15) is 50.9 Å². The number of halogens is 6. The number of imidazole rings is 1. The fraction of sp³-hybridized carbons (Fsp3) is 0.355. The fourth-order valence-electron chi connectivity index (χ4n) is 5.73. The predicted octanol–water partition coefficient (Wildman–Crippen LogP) is 6.98. The molecule has 0 amide bonds. The zero-order valence-electron chi connectivity index (χ0n) is 23.2. The molecule has 1 aromatic heterocycles. The second-order valence-corrected chi connectivity index (χ2v) is 11.3. The van der Waals surface area contributed by atoms with Crippen LogP contribution in [0.5, 0.6) is 5.75 Å². The van der Waals surface area contributed by atoms with Gasteiger partial charge in [-0.05, 0) is 66.4 Å². The highest BCUT2D eigenvalue weighted by Crippen LogP contribution is 2.42. The van der Waals surface area contributed by atoms with Crippen LogP contribution in [-0.4, -0.2) is 51.5 Å². The molecule has 1 N–H and O–H groups in total. The van der Waals surface area contributed by atoms with Gasteiger partial charge in [-0.2, -0.15) is 13.2 Å². The minimum absolute atomic E-state index is 0.0179. The van der Waals surface area contributed by atoms with Crippen LogP contribution >= 0.6 is 11.6 Å². The Hall–Kier alpha value is -3.74. The van der Waals surface area contributed by atoms with Gasteiger partial charge in [-0.15, -0.1) is 0 Å². The number of fused-ring (bicyclic) bond motifs is 2. The number of carboxylic acids is 1. The highest BCUT2D eigenvalue weighted by Gasteiger charge is 2.38.